The lowest BCUT2D eigenvalue weighted by atomic mass is 9.97. The minimum Gasteiger partial charge on any atom is -0.489 e. The predicted molar refractivity (Wildman–Crippen MR) is 73.0 cm³/mol. The molecule has 1 aromatic rings. The molecule has 17 heavy (non-hydrogen) atoms. The lowest BCUT2D eigenvalue weighted by molar-refractivity contribution is 0.155. The zero-order valence-electron chi connectivity index (χ0n) is 10.7. The normalized spacial score (nSPS) is 17.4. The van der Waals surface area contributed by atoms with E-state index in [-0.39, 0.29) is 0 Å². The smallest absolute Gasteiger partial charge is 0.138 e. The minimum atomic E-state index is 0.367. The molecule has 0 saturated heterocycles. The van der Waals surface area contributed by atoms with Crippen LogP contribution in [0.1, 0.15) is 57.4 Å². The fraction of sp³-hybridized carbons (Fsp3) is 0.600. The topological polar surface area (TPSA) is 9.23 Å². The Morgan fingerprint density at radius 1 is 1.18 bits per heavy atom. The van der Waals surface area contributed by atoms with E-state index in [2.05, 4.69) is 19.9 Å². The second kappa shape index (κ2) is 5.77. The highest BCUT2D eigenvalue weighted by Gasteiger charge is 2.16. The van der Waals surface area contributed by atoms with Gasteiger partial charge in [-0.3, -0.25) is 0 Å². The molecule has 0 atom stereocenters. The van der Waals surface area contributed by atoms with Crippen molar-refractivity contribution in [1.29, 1.82) is 0 Å². The zero-order chi connectivity index (χ0) is 12.3. The van der Waals surface area contributed by atoms with Crippen molar-refractivity contribution in [2.75, 3.05) is 0 Å². The molecule has 0 radical (unpaired) electrons. The van der Waals surface area contributed by atoms with Gasteiger partial charge in [0.2, 0.25) is 0 Å². The maximum atomic E-state index is 6.27. The Balaban J connectivity index is 2.05. The van der Waals surface area contributed by atoms with Gasteiger partial charge in [-0.2, -0.15) is 0 Å². The molecule has 0 aliphatic heterocycles. The Labute approximate surface area is 109 Å². The molecule has 1 saturated carbocycles. The van der Waals surface area contributed by atoms with Crippen molar-refractivity contribution < 1.29 is 4.74 Å². The van der Waals surface area contributed by atoms with E-state index in [0.29, 0.717) is 12.0 Å². The van der Waals surface area contributed by atoms with E-state index in [0.717, 1.165) is 10.8 Å². The molecule has 1 aliphatic carbocycles. The van der Waals surface area contributed by atoms with Gasteiger partial charge >= 0.3 is 0 Å². The highest BCUT2D eigenvalue weighted by Crippen LogP contribution is 2.31. The summed E-state index contributed by atoms with van der Waals surface area (Å²) in [6.45, 7) is 4.35. The van der Waals surface area contributed by atoms with Crippen LogP contribution in [0.25, 0.3) is 0 Å². The molecule has 0 aromatic heterocycles. The average molecular weight is 253 g/mol. The van der Waals surface area contributed by atoms with Crippen LogP contribution in [-0.2, 0) is 0 Å². The fourth-order valence-corrected chi connectivity index (χ4v) is 2.57. The molecule has 0 bridgehead atoms. The molecule has 1 nitrogen and oxygen atoms in total. The molecular formula is C15H21ClO. The molecule has 0 heterocycles. The Morgan fingerprint density at radius 3 is 2.47 bits per heavy atom. The van der Waals surface area contributed by atoms with Gasteiger partial charge in [0.1, 0.15) is 5.75 Å². The van der Waals surface area contributed by atoms with Crippen LogP contribution in [0.5, 0.6) is 5.75 Å². The van der Waals surface area contributed by atoms with Crippen molar-refractivity contribution in [1.82, 2.24) is 0 Å². The van der Waals surface area contributed by atoms with Crippen LogP contribution in [0.4, 0.5) is 0 Å². The summed E-state index contributed by atoms with van der Waals surface area (Å²) in [5, 5.41) is 0.752. The summed E-state index contributed by atoms with van der Waals surface area (Å²) in [4.78, 5) is 0. The van der Waals surface area contributed by atoms with Crippen molar-refractivity contribution in [3.05, 3.63) is 28.8 Å². The first-order valence-electron chi connectivity index (χ1n) is 6.63. The summed E-state index contributed by atoms with van der Waals surface area (Å²) >= 11 is 6.27. The number of hydrogen-bond acceptors (Lipinski definition) is 1. The van der Waals surface area contributed by atoms with Crippen LogP contribution < -0.4 is 4.74 Å². The quantitative estimate of drug-likeness (QED) is 0.721. The van der Waals surface area contributed by atoms with Crippen LogP contribution >= 0.6 is 11.6 Å². The predicted octanol–water partition coefficient (Wildman–Crippen LogP) is 5.17. The summed E-state index contributed by atoms with van der Waals surface area (Å²) in [5.74, 6) is 1.36. The molecule has 0 spiro atoms. The summed E-state index contributed by atoms with van der Waals surface area (Å²) < 4.78 is 5.99. The van der Waals surface area contributed by atoms with Crippen molar-refractivity contribution in [2.45, 2.75) is 58.0 Å². The van der Waals surface area contributed by atoms with E-state index in [4.69, 9.17) is 16.3 Å². The number of rotatable bonds is 3. The first kappa shape index (κ1) is 12.8. The van der Waals surface area contributed by atoms with E-state index < -0.39 is 0 Å². The van der Waals surface area contributed by atoms with Crippen molar-refractivity contribution in [3.63, 3.8) is 0 Å². The minimum absolute atomic E-state index is 0.367. The molecule has 0 N–H and O–H groups in total. The molecule has 2 rings (SSSR count). The summed E-state index contributed by atoms with van der Waals surface area (Å²) in [7, 11) is 0. The third-order valence-electron chi connectivity index (χ3n) is 3.47. The zero-order valence-corrected chi connectivity index (χ0v) is 11.5. The molecule has 2 heteroatoms. The molecule has 0 amide bonds. The summed E-state index contributed by atoms with van der Waals surface area (Å²) in [5.41, 5.74) is 1.27. The lowest BCUT2D eigenvalue weighted by Crippen LogP contribution is -2.19. The highest BCUT2D eigenvalue weighted by atomic mass is 35.5. The Kier molecular flexibility index (Phi) is 4.33. The Bertz CT molecular complexity index is 367. The van der Waals surface area contributed by atoms with Crippen LogP contribution in [-0.4, -0.2) is 6.10 Å². The highest BCUT2D eigenvalue weighted by molar-refractivity contribution is 6.32. The average Bonchev–Trinajstić information content (AvgIpc) is 2.33. The molecule has 94 valence electrons. The third kappa shape index (κ3) is 3.38. The Morgan fingerprint density at radius 2 is 1.88 bits per heavy atom. The SMILES string of the molecule is CC(C)c1ccc(OC2CCCCC2)c(Cl)c1. The van der Waals surface area contributed by atoms with Gasteiger partial charge in [-0.05, 0) is 49.3 Å². The molecule has 0 unspecified atom stereocenters. The number of halogens is 1. The van der Waals surface area contributed by atoms with Crippen LogP contribution in [0, 0.1) is 0 Å². The molecule has 1 aromatic carbocycles. The molecule has 1 fully saturated rings. The second-order valence-corrected chi connectivity index (χ2v) is 5.63. The molecule has 1 aliphatic rings. The number of ether oxygens (including phenoxy) is 1. The van der Waals surface area contributed by atoms with Gasteiger partial charge in [0.25, 0.3) is 0 Å². The van der Waals surface area contributed by atoms with Gasteiger partial charge in [0.05, 0.1) is 11.1 Å². The lowest BCUT2D eigenvalue weighted by Gasteiger charge is -2.23. The summed E-state index contributed by atoms with van der Waals surface area (Å²) in [6.07, 6.45) is 6.62. The van der Waals surface area contributed by atoms with Gasteiger partial charge < -0.3 is 4.74 Å². The van der Waals surface area contributed by atoms with Gasteiger partial charge in [-0.25, -0.2) is 0 Å². The number of hydrogen-bond donors (Lipinski definition) is 0. The third-order valence-corrected chi connectivity index (χ3v) is 3.76. The van der Waals surface area contributed by atoms with E-state index in [1.54, 1.807) is 0 Å². The largest absolute Gasteiger partial charge is 0.489 e. The second-order valence-electron chi connectivity index (χ2n) is 5.22. The van der Waals surface area contributed by atoms with Crippen LogP contribution in [0.15, 0.2) is 18.2 Å². The standard InChI is InChI=1S/C15H21ClO/c1-11(2)12-8-9-15(14(16)10-12)17-13-6-4-3-5-7-13/h8-11,13H,3-7H2,1-2H3. The van der Waals surface area contributed by atoms with Gasteiger partial charge in [0, 0.05) is 0 Å². The van der Waals surface area contributed by atoms with Gasteiger partial charge in [-0.15, -0.1) is 0 Å². The van der Waals surface area contributed by atoms with E-state index >= 15 is 0 Å². The van der Waals surface area contributed by atoms with Crippen LogP contribution in [0.2, 0.25) is 5.02 Å². The maximum Gasteiger partial charge on any atom is 0.138 e. The van der Waals surface area contributed by atoms with Crippen molar-refractivity contribution in [2.24, 2.45) is 0 Å². The van der Waals surface area contributed by atoms with E-state index in [1.165, 1.54) is 37.7 Å². The van der Waals surface area contributed by atoms with Crippen molar-refractivity contribution >= 4 is 11.6 Å². The van der Waals surface area contributed by atoms with Crippen molar-refractivity contribution in [3.8, 4) is 5.75 Å². The van der Waals surface area contributed by atoms with Crippen LogP contribution in [0.3, 0.4) is 0 Å². The first-order valence-corrected chi connectivity index (χ1v) is 7.00. The monoisotopic (exact) mass is 252 g/mol. The fourth-order valence-electron chi connectivity index (χ4n) is 2.33. The van der Waals surface area contributed by atoms with Gasteiger partial charge in [-0.1, -0.05) is 37.9 Å². The van der Waals surface area contributed by atoms with E-state index in [9.17, 15) is 0 Å². The number of benzene rings is 1. The summed E-state index contributed by atoms with van der Waals surface area (Å²) in [6, 6.07) is 6.17. The van der Waals surface area contributed by atoms with E-state index in [1.807, 2.05) is 12.1 Å². The maximum absolute atomic E-state index is 6.27. The molecular weight excluding hydrogens is 232 g/mol. The first-order chi connectivity index (χ1) is 8.16. The van der Waals surface area contributed by atoms with Gasteiger partial charge in [0.15, 0.2) is 0 Å². The Hall–Kier alpha value is -0.690.